The van der Waals surface area contributed by atoms with Gasteiger partial charge >= 0.3 is 0 Å². The molecule has 1 aromatic carbocycles. The number of nitro groups is 1. The van der Waals surface area contributed by atoms with Gasteiger partial charge in [0.1, 0.15) is 11.8 Å². The van der Waals surface area contributed by atoms with Crippen molar-refractivity contribution in [2.24, 2.45) is 5.84 Å². The van der Waals surface area contributed by atoms with E-state index in [-0.39, 0.29) is 17.5 Å². The summed E-state index contributed by atoms with van der Waals surface area (Å²) in [5.41, 5.74) is 3.37. The number of nitrogens with two attached hydrogens (primary N) is 1. The number of hydrazine groups is 1. The average Bonchev–Trinajstić information content (AvgIpc) is 2.26. The fourth-order valence-electron chi connectivity index (χ4n) is 1.47. The topological polar surface area (TPSA) is 99.7 Å². The molecule has 1 aliphatic rings. The maximum absolute atomic E-state index is 10.7. The van der Waals surface area contributed by atoms with Crippen LogP contribution in [0.4, 0.5) is 11.4 Å². The molecular weight excluding hydrogens is 226 g/mol. The van der Waals surface area contributed by atoms with Crippen LogP contribution in [0.2, 0.25) is 0 Å². The summed E-state index contributed by atoms with van der Waals surface area (Å²) >= 11 is 0. The van der Waals surface area contributed by atoms with E-state index in [1.165, 1.54) is 6.07 Å². The molecule has 0 aromatic heterocycles. The van der Waals surface area contributed by atoms with E-state index in [9.17, 15) is 10.1 Å². The van der Waals surface area contributed by atoms with Crippen LogP contribution in [-0.4, -0.2) is 24.2 Å². The Morgan fingerprint density at radius 1 is 1.59 bits per heavy atom. The number of hydrogen-bond acceptors (Lipinski definition) is 6. The lowest BCUT2D eigenvalue weighted by atomic mass is 10.2. The van der Waals surface area contributed by atoms with Crippen molar-refractivity contribution >= 4 is 11.4 Å². The monoisotopic (exact) mass is 239 g/mol. The number of hydrogen-bond donors (Lipinski definition) is 2. The number of benzene rings is 1. The Labute approximate surface area is 97.6 Å². The van der Waals surface area contributed by atoms with Gasteiger partial charge in [-0.05, 0) is 17.7 Å². The van der Waals surface area contributed by atoms with Crippen LogP contribution >= 0.6 is 0 Å². The van der Waals surface area contributed by atoms with Crippen molar-refractivity contribution in [2.45, 2.75) is 12.7 Å². The Morgan fingerprint density at radius 3 is 2.88 bits per heavy atom. The highest BCUT2D eigenvalue weighted by Gasteiger charge is 2.19. The van der Waals surface area contributed by atoms with Gasteiger partial charge in [0.2, 0.25) is 0 Å². The van der Waals surface area contributed by atoms with Gasteiger partial charge in [0.15, 0.2) is 0 Å². The van der Waals surface area contributed by atoms with Crippen LogP contribution in [0.15, 0.2) is 18.2 Å². The first-order valence-electron chi connectivity index (χ1n) is 5.14. The molecule has 7 nitrogen and oxygen atoms in total. The van der Waals surface area contributed by atoms with Crippen molar-refractivity contribution in [3.8, 4) is 0 Å². The van der Waals surface area contributed by atoms with Crippen LogP contribution in [0.3, 0.4) is 0 Å². The Morgan fingerprint density at radius 2 is 2.35 bits per heavy atom. The van der Waals surface area contributed by atoms with Crippen LogP contribution < -0.4 is 11.3 Å². The third-order valence-corrected chi connectivity index (χ3v) is 2.51. The smallest absolute Gasteiger partial charge is 0.293 e. The molecule has 0 amide bonds. The molecule has 2 rings (SSSR count). The Balaban J connectivity index is 2.04. The number of nitrogens with one attached hydrogen (secondary N) is 1. The summed E-state index contributed by atoms with van der Waals surface area (Å²) in [6.07, 6.45) is 0.125. The number of nitrogen functional groups attached to an aromatic ring is 1. The molecule has 3 N–H and O–H groups in total. The van der Waals surface area contributed by atoms with Crippen LogP contribution in [0.1, 0.15) is 5.56 Å². The third-order valence-electron chi connectivity index (χ3n) is 2.51. The predicted molar refractivity (Wildman–Crippen MR) is 60.3 cm³/mol. The van der Waals surface area contributed by atoms with E-state index in [1.807, 2.05) is 0 Å². The first-order chi connectivity index (χ1) is 8.20. The molecule has 0 spiro atoms. The van der Waals surface area contributed by atoms with Crippen molar-refractivity contribution < 1.29 is 14.4 Å². The lowest BCUT2D eigenvalue weighted by molar-refractivity contribution is -0.384. The highest BCUT2D eigenvalue weighted by Crippen LogP contribution is 2.25. The minimum absolute atomic E-state index is 0.0526. The molecule has 1 saturated heterocycles. The second kappa shape index (κ2) is 5.09. The van der Waals surface area contributed by atoms with Gasteiger partial charge in [-0.3, -0.25) is 16.0 Å². The van der Waals surface area contributed by atoms with E-state index in [0.717, 1.165) is 5.56 Å². The molecule has 17 heavy (non-hydrogen) atoms. The van der Waals surface area contributed by atoms with Crippen molar-refractivity contribution in [3.05, 3.63) is 33.9 Å². The van der Waals surface area contributed by atoms with E-state index in [1.54, 1.807) is 12.1 Å². The van der Waals surface area contributed by atoms with Gasteiger partial charge < -0.3 is 14.9 Å². The first kappa shape index (κ1) is 11.8. The largest absolute Gasteiger partial charge is 0.376 e. The molecule has 92 valence electrons. The molecular formula is C10H13N3O4. The first-order valence-corrected chi connectivity index (χ1v) is 5.14. The minimum atomic E-state index is -0.487. The van der Waals surface area contributed by atoms with Gasteiger partial charge in [-0.25, -0.2) is 0 Å². The summed E-state index contributed by atoms with van der Waals surface area (Å²) in [4.78, 5) is 10.2. The summed E-state index contributed by atoms with van der Waals surface area (Å²) in [5.74, 6) is 5.24. The third kappa shape index (κ3) is 2.70. The summed E-state index contributed by atoms with van der Waals surface area (Å²) in [6, 6.07) is 4.67. The van der Waals surface area contributed by atoms with Gasteiger partial charge in [-0.2, -0.15) is 0 Å². The standard InChI is InChI=1S/C10H13N3O4/c11-12-9-3-7(1-2-10(9)13(14)15)4-17-8-5-16-6-8/h1-3,8,12H,4-6,11H2. The zero-order valence-corrected chi connectivity index (χ0v) is 9.09. The molecule has 0 atom stereocenters. The second-order valence-corrected chi connectivity index (χ2v) is 3.72. The van der Waals surface area contributed by atoms with E-state index in [4.69, 9.17) is 15.3 Å². The summed E-state index contributed by atoms with van der Waals surface area (Å²) in [6.45, 7) is 1.60. The molecule has 1 aliphatic heterocycles. The number of ether oxygens (including phenoxy) is 2. The average molecular weight is 239 g/mol. The normalized spacial score (nSPS) is 15.4. The highest BCUT2D eigenvalue weighted by molar-refractivity contribution is 5.61. The Kier molecular flexibility index (Phi) is 3.52. The fraction of sp³-hybridized carbons (Fsp3) is 0.400. The SMILES string of the molecule is NNc1cc(COC2COC2)ccc1[N+](=O)[O-]. The minimum Gasteiger partial charge on any atom is -0.376 e. The summed E-state index contributed by atoms with van der Waals surface area (Å²) < 4.78 is 10.5. The molecule has 1 aromatic rings. The van der Waals surface area contributed by atoms with Crippen LogP contribution in [0.25, 0.3) is 0 Å². The second-order valence-electron chi connectivity index (χ2n) is 3.72. The van der Waals surface area contributed by atoms with Gasteiger partial charge in [-0.15, -0.1) is 0 Å². The highest BCUT2D eigenvalue weighted by atomic mass is 16.6. The number of rotatable bonds is 5. The number of nitrogens with zero attached hydrogens (tertiary/aromatic N) is 1. The van der Waals surface area contributed by atoms with Crippen molar-refractivity contribution in [1.82, 2.24) is 0 Å². The molecule has 1 fully saturated rings. The van der Waals surface area contributed by atoms with E-state index < -0.39 is 4.92 Å². The number of nitro benzene ring substituents is 1. The van der Waals surface area contributed by atoms with Gasteiger partial charge in [0, 0.05) is 6.07 Å². The molecule has 0 radical (unpaired) electrons. The molecule has 1 heterocycles. The van der Waals surface area contributed by atoms with Crippen LogP contribution in [0, 0.1) is 10.1 Å². The van der Waals surface area contributed by atoms with Crippen molar-refractivity contribution in [1.29, 1.82) is 0 Å². The Bertz CT molecular complexity index is 420. The van der Waals surface area contributed by atoms with E-state index >= 15 is 0 Å². The quantitative estimate of drug-likeness (QED) is 0.448. The molecule has 0 aliphatic carbocycles. The molecule has 0 unspecified atom stereocenters. The maximum Gasteiger partial charge on any atom is 0.293 e. The zero-order valence-electron chi connectivity index (χ0n) is 9.09. The molecule has 0 bridgehead atoms. The summed E-state index contributed by atoms with van der Waals surface area (Å²) in [5, 5.41) is 10.7. The van der Waals surface area contributed by atoms with Crippen molar-refractivity contribution in [3.63, 3.8) is 0 Å². The lowest BCUT2D eigenvalue weighted by Crippen LogP contribution is -2.35. The summed E-state index contributed by atoms with van der Waals surface area (Å²) in [7, 11) is 0. The lowest BCUT2D eigenvalue weighted by Gasteiger charge is -2.26. The molecule has 7 heteroatoms. The van der Waals surface area contributed by atoms with Gasteiger partial charge in [0.25, 0.3) is 5.69 Å². The van der Waals surface area contributed by atoms with E-state index in [2.05, 4.69) is 5.43 Å². The predicted octanol–water partition coefficient (Wildman–Crippen LogP) is 0.796. The van der Waals surface area contributed by atoms with Gasteiger partial charge in [0.05, 0.1) is 24.7 Å². The number of anilines is 1. The van der Waals surface area contributed by atoms with Crippen molar-refractivity contribution in [2.75, 3.05) is 18.6 Å². The Hall–Kier alpha value is -1.70. The maximum atomic E-state index is 10.7. The zero-order chi connectivity index (χ0) is 12.3. The fourth-order valence-corrected chi connectivity index (χ4v) is 1.47. The van der Waals surface area contributed by atoms with Gasteiger partial charge in [-0.1, -0.05) is 0 Å². The van der Waals surface area contributed by atoms with E-state index in [0.29, 0.717) is 19.8 Å². The van der Waals surface area contributed by atoms with Crippen LogP contribution in [-0.2, 0) is 16.1 Å². The van der Waals surface area contributed by atoms with Crippen LogP contribution in [0.5, 0.6) is 0 Å². The molecule has 0 saturated carbocycles.